The van der Waals surface area contributed by atoms with E-state index in [0.29, 0.717) is 5.02 Å². The number of aromatic carboxylic acids is 1. The maximum Gasteiger partial charge on any atom is 0.335 e. The number of aromatic nitrogens is 2. The summed E-state index contributed by atoms with van der Waals surface area (Å²) >= 11 is 5.69. The zero-order valence-corrected chi connectivity index (χ0v) is 11.8. The van der Waals surface area contributed by atoms with E-state index < -0.39 is 15.8 Å². The lowest BCUT2D eigenvalue weighted by atomic mass is 10.2. The van der Waals surface area contributed by atoms with E-state index in [2.05, 4.69) is 5.10 Å². The van der Waals surface area contributed by atoms with Gasteiger partial charge in [-0.05, 0) is 24.3 Å². The summed E-state index contributed by atoms with van der Waals surface area (Å²) in [6.45, 7) is 0.176. The summed E-state index contributed by atoms with van der Waals surface area (Å²) in [5.41, 5.74) is 0.0443. The van der Waals surface area contributed by atoms with Crippen LogP contribution in [0.15, 0.2) is 41.6 Å². The maximum absolute atomic E-state index is 12.1. The molecular formula is C12H11ClN2O4S. The van der Waals surface area contributed by atoms with Crippen molar-refractivity contribution in [3.8, 4) is 0 Å². The molecule has 0 aliphatic heterocycles. The molecule has 106 valence electrons. The zero-order chi connectivity index (χ0) is 14.8. The summed E-state index contributed by atoms with van der Waals surface area (Å²) < 4.78 is 25.6. The van der Waals surface area contributed by atoms with Crippen LogP contribution >= 0.6 is 11.6 Å². The van der Waals surface area contributed by atoms with Gasteiger partial charge in [-0.3, -0.25) is 4.68 Å². The molecule has 1 heterocycles. The number of hydrogen-bond donors (Lipinski definition) is 1. The van der Waals surface area contributed by atoms with Gasteiger partial charge in [0.2, 0.25) is 0 Å². The maximum atomic E-state index is 12.1. The van der Waals surface area contributed by atoms with E-state index in [1.807, 2.05) is 0 Å². The fourth-order valence-corrected chi connectivity index (χ4v) is 2.97. The molecule has 0 unspecified atom stereocenters. The van der Waals surface area contributed by atoms with Gasteiger partial charge in [-0.25, -0.2) is 13.2 Å². The summed E-state index contributed by atoms with van der Waals surface area (Å²) in [5, 5.41) is 13.1. The Morgan fingerprint density at radius 2 is 1.95 bits per heavy atom. The van der Waals surface area contributed by atoms with Gasteiger partial charge in [0, 0.05) is 6.20 Å². The van der Waals surface area contributed by atoms with Crippen LogP contribution < -0.4 is 0 Å². The molecule has 2 rings (SSSR count). The molecule has 1 aromatic carbocycles. The lowest BCUT2D eigenvalue weighted by molar-refractivity contribution is 0.0697. The molecule has 0 amide bonds. The van der Waals surface area contributed by atoms with Gasteiger partial charge in [-0.15, -0.1) is 0 Å². The van der Waals surface area contributed by atoms with Crippen LogP contribution in [0.4, 0.5) is 0 Å². The Hall–Kier alpha value is -1.86. The number of hydrogen-bond acceptors (Lipinski definition) is 4. The predicted octanol–water partition coefficient (Wildman–Crippen LogP) is 1.71. The minimum atomic E-state index is -3.49. The molecule has 0 spiro atoms. The van der Waals surface area contributed by atoms with Crippen molar-refractivity contribution in [1.29, 1.82) is 0 Å². The van der Waals surface area contributed by atoms with Gasteiger partial charge in [-0.1, -0.05) is 11.6 Å². The number of carboxylic acids is 1. The van der Waals surface area contributed by atoms with Gasteiger partial charge in [0.05, 0.1) is 34.0 Å². The third-order valence-electron chi connectivity index (χ3n) is 2.65. The van der Waals surface area contributed by atoms with Crippen LogP contribution in [0.3, 0.4) is 0 Å². The number of nitrogens with zero attached hydrogens (tertiary/aromatic N) is 2. The first-order chi connectivity index (χ1) is 9.38. The number of carbonyl (C=O) groups is 1. The van der Waals surface area contributed by atoms with Crippen LogP contribution in [0.1, 0.15) is 10.4 Å². The van der Waals surface area contributed by atoms with E-state index in [1.165, 1.54) is 41.3 Å². The van der Waals surface area contributed by atoms with Gasteiger partial charge in [0.15, 0.2) is 9.84 Å². The number of carboxylic acid groups (broad SMARTS) is 1. The first-order valence-electron chi connectivity index (χ1n) is 5.62. The molecule has 0 aliphatic rings. The van der Waals surface area contributed by atoms with Crippen LogP contribution in [0, 0.1) is 0 Å². The third-order valence-corrected chi connectivity index (χ3v) is 4.56. The van der Waals surface area contributed by atoms with Crippen molar-refractivity contribution in [3.05, 3.63) is 47.2 Å². The Labute approximate surface area is 120 Å². The number of rotatable bonds is 5. The minimum Gasteiger partial charge on any atom is -0.478 e. The zero-order valence-electron chi connectivity index (χ0n) is 10.2. The summed E-state index contributed by atoms with van der Waals surface area (Å²) in [6.07, 6.45) is 2.96. The van der Waals surface area contributed by atoms with Gasteiger partial charge in [-0.2, -0.15) is 5.10 Å². The average Bonchev–Trinajstić information content (AvgIpc) is 2.82. The molecule has 0 saturated heterocycles. The molecular weight excluding hydrogens is 304 g/mol. The largest absolute Gasteiger partial charge is 0.478 e. The molecule has 1 N–H and O–H groups in total. The monoisotopic (exact) mass is 314 g/mol. The molecule has 0 saturated carbocycles. The Morgan fingerprint density at radius 1 is 1.30 bits per heavy atom. The third kappa shape index (κ3) is 3.37. The molecule has 2 aromatic rings. The highest BCUT2D eigenvalue weighted by atomic mass is 35.5. The highest BCUT2D eigenvalue weighted by Gasteiger charge is 2.15. The van der Waals surface area contributed by atoms with E-state index >= 15 is 0 Å². The second kappa shape index (κ2) is 5.64. The first-order valence-corrected chi connectivity index (χ1v) is 7.65. The molecule has 0 atom stereocenters. The Morgan fingerprint density at radius 3 is 2.45 bits per heavy atom. The van der Waals surface area contributed by atoms with Gasteiger partial charge in [0.25, 0.3) is 0 Å². The van der Waals surface area contributed by atoms with Crippen LogP contribution in [-0.2, 0) is 16.4 Å². The first kappa shape index (κ1) is 14.5. The fourth-order valence-electron chi connectivity index (χ4n) is 1.60. The molecule has 0 fully saturated rings. The topological polar surface area (TPSA) is 89.3 Å². The van der Waals surface area contributed by atoms with Crippen LogP contribution in [0.5, 0.6) is 0 Å². The SMILES string of the molecule is O=C(O)c1ccc(S(=O)(=O)CCn2cc(Cl)cn2)cc1. The van der Waals surface area contributed by atoms with Crippen molar-refractivity contribution >= 4 is 27.4 Å². The standard InChI is InChI=1S/C12H11ClN2O4S/c13-10-7-14-15(8-10)5-6-20(18,19)11-3-1-9(2-4-11)12(16)17/h1-4,7-8H,5-6H2,(H,16,17). The molecule has 0 aliphatic carbocycles. The second-order valence-corrected chi connectivity index (χ2v) is 6.62. The Bertz CT molecular complexity index is 722. The Balaban J connectivity index is 2.11. The summed E-state index contributed by atoms with van der Waals surface area (Å²) in [6, 6.07) is 5.10. The lowest BCUT2D eigenvalue weighted by Crippen LogP contribution is -2.13. The molecule has 8 heteroatoms. The van der Waals surface area contributed by atoms with Crippen LogP contribution in [-0.4, -0.2) is 35.0 Å². The number of aryl methyl sites for hydroxylation is 1. The van der Waals surface area contributed by atoms with Gasteiger partial charge < -0.3 is 5.11 Å². The molecule has 0 radical (unpaired) electrons. The van der Waals surface area contributed by atoms with E-state index in [-0.39, 0.29) is 22.8 Å². The number of halogens is 1. The number of sulfone groups is 1. The minimum absolute atomic E-state index is 0.0443. The van der Waals surface area contributed by atoms with Crippen LogP contribution in [0.25, 0.3) is 0 Å². The molecule has 0 bridgehead atoms. The predicted molar refractivity (Wildman–Crippen MR) is 72.7 cm³/mol. The van der Waals surface area contributed by atoms with Crippen molar-refractivity contribution in [1.82, 2.24) is 9.78 Å². The quantitative estimate of drug-likeness (QED) is 0.907. The van der Waals surface area contributed by atoms with Crippen molar-refractivity contribution in [2.75, 3.05) is 5.75 Å². The van der Waals surface area contributed by atoms with Crippen molar-refractivity contribution in [2.45, 2.75) is 11.4 Å². The van der Waals surface area contributed by atoms with Crippen LogP contribution in [0.2, 0.25) is 5.02 Å². The molecule has 20 heavy (non-hydrogen) atoms. The van der Waals surface area contributed by atoms with Crippen molar-refractivity contribution in [3.63, 3.8) is 0 Å². The fraction of sp³-hybridized carbons (Fsp3) is 0.167. The highest BCUT2D eigenvalue weighted by molar-refractivity contribution is 7.91. The van der Waals surface area contributed by atoms with E-state index in [1.54, 1.807) is 0 Å². The Kier molecular flexibility index (Phi) is 4.10. The van der Waals surface area contributed by atoms with Gasteiger partial charge in [0.1, 0.15) is 0 Å². The summed E-state index contributed by atoms with van der Waals surface area (Å²) in [4.78, 5) is 10.8. The van der Waals surface area contributed by atoms with Crippen molar-refractivity contribution in [2.24, 2.45) is 0 Å². The summed E-state index contributed by atoms with van der Waals surface area (Å²) in [5.74, 6) is -1.24. The van der Waals surface area contributed by atoms with E-state index in [9.17, 15) is 13.2 Å². The van der Waals surface area contributed by atoms with E-state index in [4.69, 9.17) is 16.7 Å². The average molecular weight is 315 g/mol. The molecule has 6 nitrogen and oxygen atoms in total. The highest BCUT2D eigenvalue weighted by Crippen LogP contribution is 2.13. The van der Waals surface area contributed by atoms with Gasteiger partial charge >= 0.3 is 5.97 Å². The normalized spacial score (nSPS) is 11.4. The second-order valence-electron chi connectivity index (χ2n) is 4.07. The lowest BCUT2D eigenvalue weighted by Gasteiger charge is -2.05. The molecule has 1 aromatic heterocycles. The van der Waals surface area contributed by atoms with E-state index in [0.717, 1.165) is 0 Å². The smallest absolute Gasteiger partial charge is 0.335 e. The van der Waals surface area contributed by atoms with Crippen molar-refractivity contribution < 1.29 is 18.3 Å². The summed E-state index contributed by atoms with van der Waals surface area (Å²) in [7, 11) is -3.49. The number of benzene rings is 1.